The molecule has 0 saturated carbocycles. The molecule has 0 atom stereocenters. The van der Waals surface area contributed by atoms with Gasteiger partial charge in [-0.15, -0.1) is 0 Å². The maximum Gasteiger partial charge on any atom is 0.251 e. The first-order chi connectivity index (χ1) is 8.09. The van der Waals surface area contributed by atoms with Gasteiger partial charge < -0.3 is 0 Å². The van der Waals surface area contributed by atoms with Crippen molar-refractivity contribution in [1.29, 1.82) is 0 Å². The van der Waals surface area contributed by atoms with Crippen molar-refractivity contribution in [1.82, 2.24) is 9.78 Å². The molecule has 4 heteroatoms. The highest BCUT2D eigenvalue weighted by atomic mass is 79.9. The van der Waals surface area contributed by atoms with Gasteiger partial charge in [-0.2, -0.15) is 5.10 Å². The molecule has 0 aliphatic carbocycles. The molecule has 1 heterocycles. The van der Waals surface area contributed by atoms with Crippen LogP contribution in [0, 0.1) is 13.8 Å². The molecule has 0 spiro atoms. The predicted octanol–water partition coefficient (Wildman–Crippen LogP) is 3.15. The fourth-order valence-electron chi connectivity index (χ4n) is 1.71. The summed E-state index contributed by atoms with van der Waals surface area (Å²) in [6, 6.07) is 9.69. The quantitative estimate of drug-likeness (QED) is 0.852. The van der Waals surface area contributed by atoms with Gasteiger partial charge in [0.25, 0.3) is 5.91 Å². The van der Waals surface area contributed by atoms with Crippen LogP contribution in [0.1, 0.15) is 21.7 Å². The minimum absolute atomic E-state index is 0.0116. The third-order valence-electron chi connectivity index (χ3n) is 2.64. The van der Waals surface area contributed by atoms with E-state index in [0.29, 0.717) is 6.42 Å². The second-order valence-electron chi connectivity index (χ2n) is 3.95. The van der Waals surface area contributed by atoms with Gasteiger partial charge in [0, 0.05) is 0 Å². The lowest BCUT2D eigenvalue weighted by Gasteiger charge is -2.03. The van der Waals surface area contributed by atoms with Crippen LogP contribution in [0.15, 0.2) is 34.8 Å². The number of hydrogen-bond donors (Lipinski definition) is 0. The fourth-order valence-corrected chi connectivity index (χ4v) is 1.96. The van der Waals surface area contributed by atoms with Gasteiger partial charge in [0.05, 0.1) is 22.3 Å². The lowest BCUT2D eigenvalue weighted by Crippen LogP contribution is -2.16. The first kappa shape index (κ1) is 12.0. The van der Waals surface area contributed by atoms with Gasteiger partial charge in [0.1, 0.15) is 0 Å². The Morgan fingerprint density at radius 1 is 1.29 bits per heavy atom. The van der Waals surface area contributed by atoms with Crippen LogP contribution in [0.3, 0.4) is 0 Å². The van der Waals surface area contributed by atoms with Crippen molar-refractivity contribution in [2.75, 3.05) is 0 Å². The van der Waals surface area contributed by atoms with Gasteiger partial charge >= 0.3 is 0 Å². The summed E-state index contributed by atoms with van der Waals surface area (Å²) in [5.41, 5.74) is 2.69. The standard InChI is InChI=1S/C13H13BrN2O/c1-9-13(14)10(2)16(15-9)12(17)8-11-6-4-3-5-7-11/h3-7H,8H2,1-2H3. The molecule has 17 heavy (non-hydrogen) atoms. The maximum absolute atomic E-state index is 12.1. The van der Waals surface area contributed by atoms with Gasteiger partial charge in [-0.05, 0) is 35.3 Å². The zero-order chi connectivity index (χ0) is 12.4. The molecule has 0 fully saturated rings. The molecule has 0 radical (unpaired) electrons. The van der Waals surface area contributed by atoms with Crippen molar-refractivity contribution >= 4 is 21.8 Å². The smallest absolute Gasteiger partial charge is 0.251 e. The molecule has 1 aromatic carbocycles. The molecule has 0 aliphatic rings. The topological polar surface area (TPSA) is 34.9 Å². The van der Waals surface area contributed by atoms with E-state index in [0.717, 1.165) is 21.4 Å². The van der Waals surface area contributed by atoms with E-state index in [4.69, 9.17) is 0 Å². The minimum atomic E-state index is -0.0116. The number of aryl methyl sites for hydroxylation is 1. The van der Waals surface area contributed by atoms with E-state index in [9.17, 15) is 4.79 Å². The summed E-state index contributed by atoms with van der Waals surface area (Å²) in [6.07, 6.45) is 0.370. The van der Waals surface area contributed by atoms with Gasteiger partial charge in [-0.25, -0.2) is 4.68 Å². The zero-order valence-electron chi connectivity index (χ0n) is 9.77. The first-order valence-corrected chi connectivity index (χ1v) is 6.17. The van der Waals surface area contributed by atoms with Crippen LogP contribution < -0.4 is 0 Å². The Morgan fingerprint density at radius 3 is 2.47 bits per heavy atom. The molecule has 1 aromatic heterocycles. The van der Waals surface area contributed by atoms with Crippen LogP contribution in [0.2, 0.25) is 0 Å². The molecule has 0 N–H and O–H groups in total. The third kappa shape index (κ3) is 2.47. The van der Waals surface area contributed by atoms with E-state index in [-0.39, 0.29) is 5.91 Å². The van der Waals surface area contributed by atoms with E-state index in [2.05, 4.69) is 21.0 Å². The number of nitrogens with zero attached hydrogens (tertiary/aromatic N) is 2. The number of carbonyl (C=O) groups excluding carboxylic acids is 1. The first-order valence-electron chi connectivity index (χ1n) is 5.38. The van der Waals surface area contributed by atoms with Crippen LogP contribution in [0.25, 0.3) is 0 Å². The molecule has 3 nitrogen and oxygen atoms in total. The third-order valence-corrected chi connectivity index (χ3v) is 3.79. The summed E-state index contributed by atoms with van der Waals surface area (Å²) in [4.78, 5) is 12.1. The van der Waals surface area contributed by atoms with Crippen molar-refractivity contribution in [3.05, 3.63) is 51.8 Å². The summed E-state index contributed by atoms with van der Waals surface area (Å²) >= 11 is 3.42. The van der Waals surface area contributed by atoms with Crippen LogP contribution >= 0.6 is 15.9 Å². The van der Waals surface area contributed by atoms with Crippen molar-refractivity contribution in [3.63, 3.8) is 0 Å². The highest BCUT2D eigenvalue weighted by Gasteiger charge is 2.14. The number of halogens is 1. The van der Waals surface area contributed by atoms with Gasteiger partial charge in [0.2, 0.25) is 0 Å². The highest BCUT2D eigenvalue weighted by Crippen LogP contribution is 2.20. The van der Waals surface area contributed by atoms with Crippen LogP contribution in [0.5, 0.6) is 0 Å². The van der Waals surface area contributed by atoms with Crippen LogP contribution in [-0.2, 0) is 6.42 Å². The van der Waals surface area contributed by atoms with Crippen molar-refractivity contribution in [3.8, 4) is 0 Å². The lowest BCUT2D eigenvalue weighted by molar-refractivity contribution is 0.0895. The van der Waals surface area contributed by atoms with Crippen molar-refractivity contribution < 1.29 is 4.79 Å². The number of benzene rings is 1. The summed E-state index contributed by atoms with van der Waals surface area (Å²) < 4.78 is 2.37. The normalized spacial score (nSPS) is 10.5. The molecule has 2 aromatic rings. The zero-order valence-corrected chi connectivity index (χ0v) is 11.4. The second kappa shape index (κ2) is 4.84. The molecule has 0 saturated heterocycles. The van der Waals surface area contributed by atoms with Gasteiger partial charge in [-0.1, -0.05) is 30.3 Å². The summed E-state index contributed by atoms with van der Waals surface area (Å²) in [7, 11) is 0. The SMILES string of the molecule is Cc1nn(C(=O)Cc2ccccc2)c(C)c1Br. The van der Waals surface area contributed by atoms with E-state index < -0.39 is 0 Å². The summed E-state index contributed by atoms with van der Waals surface area (Å²) in [5.74, 6) is -0.0116. The Morgan fingerprint density at radius 2 is 1.94 bits per heavy atom. The van der Waals surface area contributed by atoms with Crippen molar-refractivity contribution in [2.24, 2.45) is 0 Å². The van der Waals surface area contributed by atoms with Gasteiger partial charge in [0.15, 0.2) is 0 Å². The molecule has 0 aliphatic heterocycles. The van der Waals surface area contributed by atoms with E-state index in [1.54, 1.807) is 0 Å². The lowest BCUT2D eigenvalue weighted by atomic mass is 10.1. The Labute approximate surface area is 109 Å². The van der Waals surface area contributed by atoms with E-state index in [1.165, 1.54) is 4.68 Å². The largest absolute Gasteiger partial charge is 0.272 e. The summed E-state index contributed by atoms with van der Waals surface area (Å²) in [5, 5.41) is 4.23. The Balaban J connectivity index is 2.24. The number of hydrogen-bond acceptors (Lipinski definition) is 2. The van der Waals surface area contributed by atoms with Gasteiger partial charge in [-0.3, -0.25) is 4.79 Å². The van der Waals surface area contributed by atoms with E-state index in [1.807, 2.05) is 44.2 Å². The summed E-state index contributed by atoms with van der Waals surface area (Å²) in [6.45, 7) is 3.76. The average molecular weight is 293 g/mol. The monoisotopic (exact) mass is 292 g/mol. The van der Waals surface area contributed by atoms with Crippen LogP contribution in [-0.4, -0.2) is 15.7 Å². The minimum Gasteiger partial charge on any atom is -0.272 e. The highest BCUT2D eigenvalue weighted by molar-refractivity contribution is 9.10. The molecule has 0 bridgehead atoms. The maximum atomic E-state index is 12.1. The molecular formula is C13H13BrN2O. The number of rotatable bonds is 2. The molecule has 2 rings (SSSR count). The number of carbonyl (C=O) groups is 1. The molecular weight excluding hydrogens is 280 g/mol. The van der Waals surface area contributed by atoms with E-state index >= 15 is 0 Å². The molecule has 88 valence electrons. The second-order valence-corrected chi connectivity index (χ2v) is 4.75. The fraction of sp³-hybridized carbons (Fsp3) is 0.231. The van der Waals surface area contributed by atoms with Crippen LogP contribution in [0.4, 0.5) is 0 Å². The molecule has 0 unspecified atom stereocenters. The molecule has 0 amide bonds. The van der Waals surface area contributed by atoms with Crippen molar-refractivity contribution in [2.45, 2.75) is 20.3 Å². The number of aromatic nitrogens is 2. The average Bonchev–Trinajstić information content (AvgIpc) is 2.58. The Bertz CT molecular complexity index is 546. The Hall–Kier alpha value is -1.42. The predicted molar refractivity (Wildman–Crippen MR) is 70.2 cm³/mol. The Kier molecular flexibility index (Phi) is 3.43.